The molecular formula is C8H4FIOS. The summed E-state index contributed by atoms with van der Waals surface area (Å²) in [7, 11) is 0. The minimum absolute atomic E-state index is 0.0258. The molecule has 62 valence electrons. The Bertz CT molecular complexity index is 438. The van der Waals surface area contributed by atoms with Crippen molar-refractivity contribution in [1.29, 1.82) is 0 Å². The van der Waals surface area contributed by atoms with Crippen molar-refractivity contribution in [1.82, 2.24) is 0 Å². The molecule has 0 aliphatic carbocycles. The molecule has 1 aromatic heterocycles. The van der Waals surface area contributed by atoms with E-state index in [1.165, 1.54) is 11.3 Å². The normalized spacial score (nSPS) is 10.8. The maximum Gasteiger partial charge on any atom is 0.140 e. The van der Waals surface area contributed by atoms with Crippen molar-refractivity contribution in [2.45, 2.75) is 0 Å². The molecule has 1 heterocycles. The van der Waals surface area contributed by atoms with Crippen molar-refractivity contribution in [3.05, 3.63) is 26.9 Å². The first-order valence-electron chi connectivity index (χ1n) is 3.24. The maximum atomic E-state index is 13.0. The Morgan fingerprint density at radius 1 is 1.50 bits per heavy atom. The third kappa shape index (κ3) is 1.09. The topological polar surface area (TPSA) is 20.2 Å². The van der Waals surface area contributed by atoms with Crippen molar-refractivity contribution in [2.24, 2.45) is 0 Å². The number of hydrogen-bond donors (Lipinski definition) is 1. The average Bonchev–Trinajstić information content (AvgIpc) is 2.48. The summed E-state index contributed by atoms with van der Waals surface area (Å²) >= 11 is 3.35. The molecule has 0 amide bonds. The molecule has 1 N–H and O–H groups in total. The first-order valence-corrected chi connectivity index (χ1v) is 5.20. The zero-order valence-electron chi connectivity index (χ0n) is 5.84. The molecule has 0 atom stereocenters. The molecule has 0 aliphatic heterocycles. The molecule has 0 fully saturated rings. The van der Waals surface area contributed by atoms with Crippen molar-refractivity contribution in [2.75, 3.05) is 0 Å². The maximum absolute atomic E-state index is 13.0. The highest BCUT2D eigenvalue weighted by molar-refractivity contribution is 14.1. The molecular weight excluding hydrogens is 290 g/mol. The van der Waals surface area contributed by atoms with E-state index in [4.69, 9.17) is 0 Å². The Kier molecular flexibility index (Phi) is 1.96. The molecule has 0 saturated heterocycles. The molecule has 4 heteroatoms. The van der Waals surface area contributed by atoms with Gasteiger partial charge in [-0.3, -0.25) is 0 Å². The number of rotatable bonds is 0. The summed E-state index contributed by atoms with van der Waals surface area (Å²) in [5.74, 6) is -0.336. The van der Waals surface area contributed by atoms with E-state index in [2.05, 4.69) is 0 Å². The Hall–Kier alpha value is -0.360. The van der Waals surface area contributed by atoms with Gasteiger partial charge >= 0.3 is 0 Å². The van der Waals surface area contributed by atoms with Crippen LogP contribution in [0.5, 0.6) is 5.75 Å². The van der Waals surface area contributed by atoms with E-state index in [0.29, 0.717) is 3.57 Å². The van der Waals surface area contributed by atoms with E-state index in [9.17, 15) is 9.50 Å². The lowest BCUT2D eigenvalue weighted by atomic mass is 10.2. The van der Waals surface area contributed by atoms with Gasteiger partial charge in [-0.15, -0.1) is 11.3 Å². The van der Waals surface area contributed by atoms with Crippen LogP contribution in [0, 0.1) is 9.39 Å². The summed E-state index contributed by atoms with van der Waals surface area (Å²) in [5.41, 5.74) is 0. The summed E-state index contributed by atoms with van der Waals surface area (Å²) < 4.78 is 14.3. The predicted molar refractivity (Wildman–Crippen MR) is 56.2 cm³/mol. The Balaban J connectivity index is 2.97. The lowest BCUT2D eigenvalue weighted by Crippen LogP contribution is -1.81. The number of halogens is 2. The van der Waals surface area contributed by atoms with E-state index in [1.807, 2.05) is 34.0 Å². The van der Waals surface area contributed by atoms with Crippen molar-refractivity contribution in [3.63, 3.8) is 0 Å². The van der Waals surface area contributed by atoms with E-state index in [-0.39, 0.29) is 11.6 Å². The molecule has 0 aliphatic rings. The third-order valence-corrected chi connectivity index (χ3v) is 3.64. The number of hydrogen-bond acceptors (Lipinski definition) is 2. The largest absolute Gasteiger partial charge is 0.506 e. The summed E-state index contributed by atoms with van der Waals surface area (Å²) in [4.78, 5) is 0. The van der Waals surface area contributed by atoms with Crippen molar-refractivity contribution >= 4 is 44.0 Å². The predicted octanol–water partition coefficient (Wildman–Crippen LogP) is 3.35. The first-order chi connectivity index (χ1) is 5.70. The van der Waals surface area contributed by atoms with Gasteiger partial charge in [0.1, 0.15) is 11.6 Å². The average molecular weight is 294 g/mol. The zero-order chi connectivity index (χ0) is 8.72. The quantitative estimate of drug-likeness (QED) is 0.739. The molecule has 12 heavy (non-hydrogen) atoms. The third-order valence-electron chi connectivity index (χ3n) is 1.61. The van der Waals surface area contributed by atoms with Gasteiger partial charge in [0, 0.05) is 11.5 Å². The number of thiophene rings is 1. The summed E-state index contributed by atoms with van der Waals surface area (Å²) in [6.07, 6.45) is 0. The molecule has 1 aromatic carbocycles. The minimum Gasteiger partial charge on any atom is -0.506 e. The van der Waals surface area contributed by atoms with Crippen LogP contribution in [-0.4, -0.2) is 5.11 Å². The van der Waals surface area contributed by atoms with Crippen molar-refractivity contribution in [3.8, 4) is 5.75 Å². The monoisotopic (exact) mass is 294 g/mol. The van der Waals surface area contributed by atoms with Crippen LogP contribution in [0.25, 0.3) is 10.1 Å². The van der Waals surface area contributed by atoms with Crippen molar-refractivity contribution < 1.29 is 9.50 Å². The highest BCUT2D eigenvalue weighted by Gasteiger charge is 2.09. The van der Waals surface area contributed by atoms with Crippen LogP contribution >= 0.6 is 33.9 Å². The fraction of sp³-hybridized carbons (Fsp3) is 0. The molecule has 0 saturated carbocycles. The second-order valence-electron chi connectivity index (χ2n) is 2.35. The lowest BCUT2D eigenvalue weighted by Gasteiger charge is -1.98. The number of phenolic OH excluding ortho intramolecular Hbond substituents is 1. The lowest BCUT2D eigenvalue weighted by molar-refractivity contribution is 0.476. The number of aromatic hydroxyl groups is 1. The number of fused-ring (bicyclic) bond motifs is 1. The first kappa shape index (κ1) is 8.25. The second kappa shape index (κ2) is 2.85. The highest BCUT2D eigenvalue weighted by Crippen LogP contribution is 2.34. The van der Waals surface area contributed by atoms with E-state index < -0.39 is 0 Å². The Morgan fingerprint density at radius 2 is 2.25 bits per heavy atom. The van der Waals surface area contributed by atoms with E-state index in [0.717, 1.165) is 16.2 Å². The van der Waals surface area contributed by atoms with Gasteiger partial charge in [-0.05, 0) is 34.0 Å². The Labute approximate surface area is 86.0 Å². The molecule has 0 bridgehead atoms. The molecule has 2 aromatic rings. The van der Waals surface area contributed by atoms with Gasteiger partial charge in [-0.1, -0.05) is 0 Å². The van der Waals surface area contributed by atoms with Crippen LogP contribution in [0.3, 0.4) is 0 Å². The minimum atomic E-state index is -0.362. The smallest absolute Gasteiger partial charge is 0.140 e. The van der Waals surface area contributed by atoms with Crippen LogP contribution < -0.4 is 0 Å². The van der Waals surface area contributed by atoms with E-state index >= 15 is 0 Å². The van der Waals surface area contributed by atoms with Gasteiger partial charge in [0.2, 0.25) is 0 Å². The standard InChI is InChI=1S/C8H4FIOS/c9-5-3-6(11)8-4(7(5)10)1-2-12-8/h1-3,11H. The van der Waals surface area contributed by atoms with Crippen LogP contribution in [0.2, 0.25) is 0 Å². The second-order valence-corrected chi connectivity index (χ2v) is 4.35. The summed E-state index contributed by atoms with van der Waals surface area (Å²) in [6.45, 7) is 0. The van der Waals surface area contributed by atoms with Gasteiger partial charge in [-0.25, -0.2) is 4.39 Å². The van der Waals surface area contributed by atoms with Crippen LogP contribution in [0.15, 0.2) is 17.5 Å². The molecule has 1 nitrogen and oxygen atoms in total. The number of phenols is 1. The van der Waals surface area contributed by atoms with Crippen LogP contribution in [0.1, 0.15) is 0 Å². The number of benzene rings is 1. The fourth-order valence-electron chi connectivity index (χ4n) is 1.06. The molecule has 0 radical (unpaired) electrons. The van der Waals surface area contributed by atoms with Gasteiger partial charge < -0.3 is 5.11 Å². The van der Waals surface area contributed by atoms with E-state index in [1.54, 1.807) is 0 Å². The van der Waals surface area contributed by atoms with Gasteiger partial charge in [0.25, 0.3) is 0 Å². The molecule has 2 rings (SSSR count). The van der Waals surface area contributed by atoms with Gasteiger partial charge in [0.05, 0.1) is 8.27 Å². The van der Waals surface area contributed by atoms with Gasteiger partial charge in [0.15, 0.2) is 0 Å². The molecule has 0 unspecified atom stereocenters. The highest BCUT2D eigenvalue weighted by atomic mass is 127. The summed E-state index contributed by atoms with van der Waals surface area (Å²) in [5, 5.41) is 12.0. The fourth-order valence-corrected chi connectivity index (χ4v) is 2.66. The summed E-state index contributed by atoms with van der Waals surface area (Å²) in [6, 6.07) is 2.96. The zero-order valence-corrected chi connectivity index (χ0v) is 8.82. The van der Waals surface area contributed by atoms with Crippen LogP contribution in [0.4, 0.5) is 4.39 Å². The van der Waals surface area contributed by atoms with Crippen LogP contribution in [-0.2, 0) is 0 Å². The SMILES string of the molecule is Oc1cc(F)c(I)c2ccsc12. The molecule has 0 spiro atoms. The van der Waals surface area contributed by atoms with Gasteiger partial charge in [-0.2, -0.15) is 0 Å². The Morgan fingerprint density at radius 3 is 3.00 bits per heavy atom.